The van der Waals surface area contributed by atoms with Crippen LogP contribution in [0.2, 0.25) is 0 Å². The van der Waals surface area contributed by atoms with Crippen molar-refractivity contribution in [1.29, 1.82) is 0 Å². The molecular weight excluding hydrogens is 174 g/mol. The molecule has 2 nitrogen and oxygen atoms in total. The van der Waals surface area contributed by atoms with E-state index in [0.717, 1.165) is 19.6 Å². The maximum atomic E-state index is 5.76. The van der Waals surface area contributed by atoms with Crippen molar-refractivity contribution in [1.82, 2.24) is 5.32 Å². The Morgan fingerprint density at radius 3 is 3.29 bits per heavy atom. The van der Waals surface area contributed by atoms with Crippen molar-refractivity contribution in [2.75, 3.05) is 13.2 Å². The number of ether oxygens (including phenoxy) is 1. The SMILES string of the molecule is Cc1ccc2c(c1)C[C@H]1OCCN[C@@H]21. The van der Waals surface area contributed by atoms with Crippen LogP contribution < -0.4 is 5.32 Å². The van der Waals surface area contributed by atoms with E-state index in [-0.39, 0.29) is 0 Å². The zero-order valence-corrected chi connectivity index (χ0v) is 8.42. The van der Waals surface area contributed by atoms with Crippen LogP contribution in [0.5, 0.6) is 0 Å². The highest BCUT2D eigenvalue weighted by atomic mass is 16.5. The average molecular weight is 189 g/mol. The number of fused-ring (bicyclic) bond motifs is 3. The Kier molecular flexibility index (Phi) is 1.85. The first kappa shape index (κ1) is 8.45. The highest BCUT2D eigenvalue weighted by molar-refractivity contribution is 5.39. The second-order valence-electron chi connectivity index (χ2n) is 4.25. The molecule has 1 N–H and O–H groups in total. The topological polar surface area (TPSA) is 21.3 Å². The van der Waals surface area contributed by atoms with E-state index in [0.29, 0.717) is 12.1 Å². The van der Waals surface area contributed by atoms with Gasteiger partial charge in [0, 0.05) is 13.0 Å². The first-order valence-corrected chi connectivity index (χ1v) is 5.29. The van der Waals surface area contributed by atoms with Gasteiger partial charge in [-0.15, -0.1) is 0 Å². The van der Waals surface area contributed by atoms with Crippen molar-refractivity contribution < 1.29 is 4.74 Å². The summed E-state index contributed by atoms with van der Waals surface area (Å²) in [5, 5.41) is 3.53. The molecule has 0 spiro atoms. The Bertz CT molecular complexity index is 361. The van der Waals surface area contributed by atoms with Crippen LogP contribution in [0.3, 0.4) is 0 Å². The molecule has 0 aromatic heterocycles. The molecule has 1 aromatic rings. The molecule has 1 aromatic carbocycles. The Morgan fingerprint density at radius 1 is 1.43 bits per heavy atom. The van der Waals surface area contributed by atoms with Crippen LogP contribution in [0.15, 0.2) is 18.2 Å². The van der Waals surface area contributed by atoms with E-state index in [1.807, 2.05) is 0 Å². The summed E-state index contributed by atoms with van der Waals surface area (Å²) in [7, 11) is 0. The second kappa shape index (κ2) is 3.07. The molecule has 0 saturated carbocycles. The highest BCUT2D eigenvalue weighted by Crippen LogP contribution is 2.35. The first-order valence-electron chi connectivity index (χ1n) is 5.29. The maximum absolute atomic E-state index is 5.76. The number of benzene rings is 1. The van der Waals surface area contributed by atoms with Crippen molar-refractivity contribution in [3.8, 4) is 0 Å². The molecule has 1 heterocycles. The summed E-state index contributed by atoms with van der Waals surface area (Å²) in [6.45, 7) is 3.99. The predicted molar refractivity (Wildman–Crippen MR) is 55.4 cm³/mol. The lowest BCUT2D eigenvalue weighted by atomic mass is 10.1. The summed E-state index contributed by atoms with van der Waals surface area (Å²) < 4.78 is 5.76. The number of hydrogen-bond donors (Lipinski definition) is 1. The smallest absolute Gasteiger partial charge is 0.0810 e. The summed E-state index contributed by atoms with van der Waals surface area (Å²) >= 11 is 0. The summed E-state index contributed by atoms with van der Waals surface area (Å²) in [5.41, 5.74) is 4.26. The van der Waals surface area contributed by atoms with Gasteiger partial charge in [0.15, 0.2) is 0 Å². The number of morpholine rings is 1. The Labute approximate surface area is 84.3 Å². The molecule has 1 aliphatic heterocycles. The van der Waals surface area contributed by atoms with Gasteiger partial charge < -0.3 is 10.1 Å². The lowest BCUT2D eigenvalue weighted by Crippen LogP contribution is -2.39. The lowest BCUT2D eigenvalue weighted by Gasteiger charge is -2.27. The fourth-order valence-corrected chi connectivity index (χ4v) is 2.57. The number of hydrogen-bond acceptors (Lipinski definition) is 2. The zero-order chi connectivity index (χ0) is 9.54. The van der Waals surface area contributed by atoms with E-state index in [1.165, 1.54) is 16.7 Å². The molecule has 14 heavy (non-hydrogen) atoms. The van der Waals surface area contributed by atoms with E-state index in [9.17, 15) is 0 Å². The minimum absolute atomic E-state index is 0.376. The van der Waals surface area contributed by atoms with Gasteiger partial charge in [0.25, 0.3) is 0 Å². The predicted octanol–water partition coefficient (Wildman–Crippen LogP) is 1.58. The largest absolute Gasteiger partial charge is 0.375 e. The van der Waals surface area contributed by atoms with Crippen molar-refractivity contribution in [2.24, 2.45) is 0 Å². The monoisotopic (exact) mass is 189 g/mol. The molecule has 0 bridgehead atoms. The van der Waals surface area contributed by atoms with E-state index in [4.69, 9.17) is 4.74 Å². The third kappa shape index (κ3) is 1.18. The van der Waals surface area contributed by atoms with Crippen LogP contribution in [0.25, 0.3) is 0 Å². The minimum atomic E-state index is 0.376. The van der Waals surface area contributed by atoms with Crippen molar-refractivity contribution in [3.63, 3.8) is 0 Å². The third-order valence-electron chi connectivity index (χ3n) is 3.22. The van der Waals surface area contributed by atoms with Crippen LogP contribution in [0.1, 0.15) is 22.7 Å². The molecule has 1 aliphatic carbocycles. The van der Waals surface area contributed by atoms with Gasteiger partial charge in [-0.05, 0) is 18.1 Å². The molecule has 0 radical (unpaired) electrons. The van der Waals surface area contributed by atoms with E-state index in [2.05, 4.69) is 30.4 Å². The van der Waals surface area contributed by atoms with Crippen LogP contribution in [0.4, 0.5) is 0 Å². The van der Waals surface area contributed by atoms with E-state index in [1.54, 1.807) is 0 Å². The minimum Gasteiger partial charge on any atom is -0.375 e. The van der Waals surface area contributed by atoms with Gasteiger partial charge in [0.1, 0.15) is 0 Å². The molecule has 2 heteroatoms. The quantitative estimate of drug-likeness (QED) is 0.669. The van der Waals surface area contributed by atoms with Gasteiger partial charge in [-0.3, -0.25) is 0 Å². The molecule has 0 amide bonds. The number of nitrogens with one attached hydrogen (secondary N) is 1. The normalized spacial score (nSPS) is 29.8. The summed E-state index contributed by atoms with van der Waals surface area (Å²) in [5.74, 6) is 0. The summed E-state index contributed by atoms with van der Waals surface area (Å²) in [6, 6.07) is 7.17. The number of rotatable bonds is 0. The Morgan fingerprint density at radius 2 is 2.36 bits per heavy atom. The van der Waals surface area contributed by atoms with Gasteiger partial charge in [0.2, 0.25) is 0 Å². The maximum Gasteiger partial charge on any atom is 0.0810 e. The molecule has 1 saturated heterocycles. The fraction of sp³-hybridized carbons (Fsp3) is 0.500. The van der Waals surface area contributed by atoms with Crippen molar-refractivity contribution in [3.05, 3.63) is 34.9 Å². The third-order valence-corrected chi connectivity index (χ3v) is 3.22. The summed E-state index contributed by atoms with van der Waals surface area (Å²) in [4.78, 5) is 0. The van der Waals surface area contributed by atoms with Crippen LogP contribution in [-0.4, -0.2) is 19.3 Å². The van der Waals surface area contributed by atoms with Crippen molar-refractivity contribution in [2.45, 2.75) is 25.5 Å². The molecule has 1 fully saturated rings. The first-order chi connectivity index (χ1) is 6.84. The zero-order valence-electron chi connectivity index (χ0n) is 8.42. The van der Waals surface area contributed by atoms with Crippen LogP contribution in [-0.2, 0) is 11.2 Å². The fourth-order valence-electron chi connectivity index (χ4n) is 2.57. The molecule has 0 unspecified atom stereocenters. The van der Waals surface area contributed by atoms with Gasteiger partial charge in [-0.2, -0.15) is 0 Å². The molecule has 3 rings (SSSR count). The van der Waals surface area contributed by atoms with Crippen LogP contribution >= 0.6 is 0 Å². The van der Waals surface area contributed by atoms with E-state index >= 15 is 0 Å². The van der Waals surface area contributed by atoms with Gasteiger partial charge in [0.05, 0.1) is 18.8 Å². The molecule has 74 valence electrons. The van der Waals surface area contributed by atoms with Crippen molar-refractivity contribution >= 4 is 0 Å². The average Bonchev–Trinajstić information content (AvgIpc) is 2.54. The van der Waals surface area contributed by atoms with E-state index < -0.39 is 0 Å². The molecule has 2 atom stereocenters. The summed E-state index contributed by atoms with van der Waals surface area (Å²) in [6.07, 6.45) is 1.45. The number of aryl methyl sites for hydroxylation is 1. The Hall–Kier alpha value is -0.860. The van der Waals surface area contributed by atoms with Gasteiger partial charge >= 0.3 is 0 Å². The lowest BCUT2D eigenvalue weighted by molar-refractivity contribution is 0.00503. The standard InChI is InChI=1S/C12H15NO/c1-8-2-3-10-9(6-8)7-11-12(10)13-4-5-14-11/h2-3,6,11-13H,4-5,7H2,1H3/t11-,12+/m1/s1. The second-order valence-corrected chi connectivity index (χ2v) is 4.25. The highest BCUT2D eigenvalue weighted by Gasteiger charge is 2.34. The Balaban J connectivity index is 2.01. The van der Waals surface area contributed by atoms with Gasteiger partial charge in [-0.25, -0.2) is 0 Å². The van der Waals surface area contributed by atoms with Crippen LogP contribution in [0, 0.1) is 6.92 Å². The van der Waals surface area contributed by atoms with Gasteiger partial charge in [-0.1, -0.05) is 23.8 Å². The molecule has 2 aliphatic rings. The molecular formula is C12H15NO.